The number of hydrogen-bond donors (Lipinski definition) is 2. The summed E-state index contributed by atoms with van der Waals surface area (Å²) in [4.78, 5) is 29.4. The SMILES string of the molecule is COCCCN1C(=O)C(=O)/C(=C(\O)c2ccc3c(c2)N(C)CCO3)C1c1cccc(O)c1. The Bertz CT molecular complexity index is 1080. The number of methoxy groups -OCH3 is 1. The Morgan fingerprint density at radius 2 is 2.03 bits per heavy atom. The van der Waals surface area contributed by atoms with Gasteiger partial charge in [0.25, 0.3) is 11.7 Å². The zero-order valence-corrected chi connectivity index (χ0v) is 18.1. The monoisotopic (exact) mass is 438 g/mol. The highest BCUT2D eigenvalue weighted by molar-refractivity contribution is 6.46. The first-order valence-electron chi connectivity index (χ1n) is 10.5. The molecule has 1 amide bonds. The number of aliphatic hydroxyl groups is 1. The molecule has 0 radical (unpaired) electrons. The fourth-order valence-electron chi connectivity index (χ4n) is 4.18. The summed E-state index contributed by atoms with van der Waals surface area (Å²) in [7, 11) is 3.49. The summed E-state index contributed by atoms with van der Waals surface area (Å²) in [6.45, 7) is 1.96. The minimum atomic E-state index is -0.816. The van der Waals surface area contributed by atoms with Crippen molar-refractivity contribution in [1.29, 1.82) is 0 Å². The second-order valence-corrected chi connectivity index (χ2v) is 7.89. The van der Waals surface area contributed by atoms with Crippen LogP contribution in [0.4, 0.5) is 5.69 Å². The van der Waals surface area contributed by atoms with Crippen LogP contribution in [0.15, 0.2) is 48.0 Å². The number of phenols is 1. The van der Waals surface area contributed by atoms with Gasteiger partial charge in [-0.2, -0.15) is 0 Å². The molecule has 0 bridgehead atoms. The number of carbonyl (C=O) groups excluding carboxylic acids is 2. The Hall–Kier alpha value is -3.52. The third-order valence-corrected chi connectivity index (χ3v) is 5.80. The predicted octanol–water partition coefficient (Wildman–Crippen LogP) is 2.68. The van der Waals surface area contributed by atoms with Crippen molar-refractivity contribution in [3.63, 3.8) is 0 Å². The Morgan fingerprint density at radius 1 is 1.22 bits per heavy atom. The molecule has 2 aromatic carbocycles. The minimum absolute atomic E-state index is 0.00246. The molecule has 2 aliphatic heterocycles. The van der Waals surface area contributed by atoms with Crippen molar-refractivity contribution >= 4 is 23.1 Å². The number of amides is 1. The first kappa shape index (κ1) is 21.7. The third-order valence-electron chi connectivity index (χ3n) is 5.80. The van der Waals surface area contributed by atoms with E-state index in [0.717, 1.165) is 5.69 Å². The van der Waals surface area contributed by atoms with Gasteiger partial charge in [0.1, 0.15) is 23.9 Å². The van der Waals surface area contributed by atoms with E-state index in [4.69, 9.17) is 9.47 Å². The van der Waals surface area contributed by atoms with Crippen molar-refractivity contribution in [2.75, 3.05) is 45.4 Å². The van der Waals surface area contributed by atoms with Crippen LogP contribution in [0.3, 0.4) is 0 Å². The van der Waals surface area contributed by atoms with E-state index in [0.29, 0.717) is 43.1 Å². The van der Waals surface area contributed by atoms with Crippen LogP contribution >= 0.6 is 0 Å². The highest BCUT2D eigenvalue weighted by Gasteiger charge is 2.46. The molecular formula is C24H26N2O6. The van der Waals surface area contributed by atoms with Crippen LogP contribution < -0.4 is 9.64 Å². The molecule has 1 unspecified atom stereocenters. The van der Waals surface area contributed by atoms with E-state index in [-0.39, 0.29) is 23.6 Å². The normalized spacial score (nSPS) is 19.8. The largest absolute Gasteiger partial charge is 0.508 e. The van der Waals surface area contributed by atoms with Gasteiger partial charge in [-0.1, -0.05) is 12.1 Å². The molecule has 1 fully saturated rings. The summed E-state index contributed by atoms with van der Waals surface area (Å²) in [6.07, 6.45) is 0.528. The number of Topliss-reactive ketones (excluding diaryl/α,β-unsaturated/α-hetero) is 1. The molecule has 4 rings (SSSR count). The number of fused-ring (bicyclic) bond motifs is 1. The van der Waals surface area contributed by atoms with E-state index in [9.17, 15) is 19.8 Å². The number of phenolic OH excluding ortho intramolecular Hbond substituents is 1. The van der Waals surface area contributed by atoms with Crippen LogP contribution in [0.5, 0.6) is 11.5 Å². The van der Waals surface area contributed by atoms with Crippen molar-refractivity contribution in [1.82, 2.24) is 4.90 Å². The topological polar surface area (TPSA) is 99.5 Å². The van der Waals surface area contributed by atoms with Crippen LogP contribution in [-0.2, 0) is 14.3 Å². The Morgan fingerprint density at radius 3 is 2.78 bits per heavy atom. The number of likely N-dealkylation sites (tertiary alicyclic amines) is 1. The van der Waals surface area contributed by atoms with Gasteiger partial charge in [0, 0.05) is 32.9 Å². The van der Waals surface area contributed by atoms with Gasteiger partial charge in [-0.15, -0.1) is 0 Å². The van der Waals surface area contributed by atoms with Gasteiger partial charge in [0.2, 0.25) is 0 Å². The van der Waals surface area contributed by atoms with Gasteiger partial charge >= 0.3 is 0 Å². The summed E-state index contributed by atoms with van der Waals surface area (Å²) >= 11 is 0. The van der Waals surface area contributed by atoms with E-state index in [2.05, 4.69) is 0 Å². The lowest BCUT2D eigenvalue weighted by Crippen LogP contribution is -2.31. The molecule has 0 saturated carbocycles. The van der Waals surface area contributed by atoms with Crippen molar-refractivity contribution in [2.24, 2.45) is 0 Å². The van der Waals surface area contributed by atoms with Crippen LogP contribution in [0.25, 0.3) is 5.76 Å². The predicted molar refractivity (Wildman–Crippen MR) is 119 cm³/mol. The number of hydrogen-bond acceptors (Lipinski definition) is 7. The van der Waals surface area contributed by atoms with Crippen LogP contribution in [0.1, 0.15) is 23.6 Å². The molecule has 1 atom stereocenters. The third kappa shape index (κ3) is 3.89. The molecule has 0 aliphatic carbocycles. The maximum Gasteiger partial charge on any atom is 0.295 e. The zero-order valence-electron chi connectivity index (χ0n) is 18.1. The van der Waals surface area contributed by atoms with Crippen LogP contribution in [0, 0.1) is 0 Å². The number of carbonyl (C=O) groups is 2. The Balaban J connectivity index is 1.82. The summed E-state index contributed by atoms with van der Waals surface area (Å²) in [5.74, 6) is -0.991. The number of ether oxygens (including phenoxy) is 2. The molecule has 0 spiro atoms. The summed E-state index contributed by atoms with van der Waals surface area (Å²) in [5.41, 5.74) is 1.75. The van der Waals surface area contributed by atoms with E-state index in [1.54, 1.807) is 37.4 Å². The number of nitrogens with zero attached hydrogens (tertiary/aromatic N) is 2. The number of likely N-dealkylation sites (N-methyl/N-ethyl adjacent to an activating group) is 1. The zero-order chi connectivity index (χ0) is 22.8. The second-order valence-electron chi connectivity index (χ2n) is 7.89. The van der Waals surface area contributed by atoms with Gasteiger partial charge in [-0.05, 0) is 42.3 Å². The first-order chi connectivity index (χ1) is 15.4. The maximum atomic E-state index is 13.0. The summed E-state index contributed by atoms with van der Waals surface area (Å²) in [5, 5.41) is 21.2. The molecule has 8 heteroatoms. The smallest absolute Gasteiger partial charge is 0.295 e. The lowest BCUT2D eigenvalue weighted by molar-refractivity contribution is -0.140. The molecule has 2 aliphatic rings. The quantitative estimate of drug-likeness (QED) is 0.310. The van der Waals surface area contributed by atoms with Gasteiger partial charge in [0.15, 0.2) is 0 Å². The molecule has 32 heavy (non-hydrogen) atoms. The maximum absolute atomic E-state index is 13.0. The lowest BCUT2D eigenvalue weighted by atomic mass is 9.94. The molecule has 2 N–H and O–H groups in total. The molecule has 8 nitrogen and oxygen atoms in total. The van der Waals surface area contributed by atoms with E-state index < -0.39 is 17.7 Å². The number of benzene rings is 2. The highest BCUT2D eigenvalue weighted by atomic mass is 16.5. The highest BCUT2D eigenvalue weighted by Crippen LogP contribution is 2.41. The Kier molecular flexibility index (Phi) is 6.05. The van der Waals surface area contributed by atoms with Crippen LogP contribution in [0.2, 0.25) is 0 Å². The van der Waals surface area contributed by atoms with E-state index in [1.165, 1.54) is 17.0 Å². The molecule has 2 aromatic rings. The number of rotatable bonds is 6. The van der Waals surface area contributed by atoms with Crippen molar-refractivity contribution in [3.05, 3.63) is 59.2 Å². The van der Waals surface area contributed by atoms with E-state index in [1.807, 2.05) is 11.9 Å². The van der Waals surface area contributed by atoms with Crippen molar-refractivity contribution < 1.29 is 29.3 Å². The van der Waals surface area contributed by atoms with Crippen LogP contribution in [-0.4, -0.2) is 67.3 Å². The molecule has 1 saturated heterocycles. The molecule has 2 heterocycles. The van der Waals surface area contributed by atoms with Crippen molar-refractivity contribution in [2.45, 2.75) is 12.5 Å². The average molecular weight is 438 g/mol. The first-order valence-corrected chi connectivity index (χ1v) is 10.5. The number of aromatic hydroxyl groups is 1. The Labute approximate surface area is 186 Å². The van der Waals surface area contributed by atoms with Gasteiger partial charge in [-0.3, -0.25) is 9.59 Å². The minimum Gasteiger partial charge on any atom is -0.508 e. The average Bonchev–Trinajstić information content (AvgIpc) is 3.04. The number of aliphatic hydroxyl groups excluding tert-OH is 1. The number of anilines is 1. The fraction of sp³-hybridized carbons (Fsp3) is 0.333. The molecular weight excluding hydrogens is 412 g/mol. The standard InChI is InChI=1S/C24H26N2O6/c1-25-10-12-32-19-8-7-16(14-18(19)25)22(28)20-21(15-5-3-6-17(27)13-15)26(9-4-11-31-2)24(30)23(20)29/h3,5-8,13-14,21,27-28H,4,9-12H2,1-2H3/b22-20-. The number of ketones is 1. The van der Waals surface area contributed by atoms with E-state index >= 15 is 0 Å². The fourth-order valence-corrected chi connectivity index (χ4v) is 4.18. The molecule has 0 aromatic heterocycles. The second kappa shape index (κ2) is 8.92. The van der Waals surface area contributed by atoms with Gasteiger partial charge in [0.05, 0.1) is 23.8 Å². The summed E-state index contributed by atoms with van der Waals surface area (Å²) in [6, 6.07) is 10.7. The van der Waals surface area contributed by atoms with Crippen molar-refractivity contribution in [3.8, 4) is 11.5 Å². The van der Waals surface area contributed by atoms with Gasteiger partial charge in [-0.25, -0.2) is 0 Å². The molecule has 168 valence electrons. The van der Waals surface area contributed by atoms with Gasteiger partial charge < -0.3 is 29.5 Å². The summed E-state index contributed by atoms with van der Waals surface area (Å²) < 4.78 is 10.7. The lowest BCUT2D eigenvalue weighted by Gasteiger charge is -2.28.